The second kappa shape index (κ2) is 13.3. The molecule has 0 bridgehead atoms. The molecule has 0 aliphatic carbocycles. The molecule has 4 unspecified atom stereocenters. The maximum atomic E-state index is 14.1. The maximum absolute atomic E-state index is 14.1. The maximum Gasteiger partial charge on any atom is 0.261 e. The van der Waals surface area contributed by atoms with E-state index in [4.69, 9.17) is 9.47 Å². The number of aliphatic hydroxyl groups is 1. The van der Waals surface area contributed by atoms with Crippen LogP contribution in [0.5, 0.6) is 0 Å². The summed E-state index contributed by atoms with van der Waals surface area (Å²) in [6.45, 7) is 1.95. The monoisotopic (exact) mass is 615 g/mol. The highest BCUT2D eigenvalue weighted by Gasteiger charge is 2.38. The van der Waals surface area contributed by atoms with Crippen molar-refractivity contribution in [2.75, 3.05) is 11.1 Å². The number of hydrogen-bond donors (Lipinski definition) is 2. The molecule has 0 radical (unpaired) electrons. The third kappa shape index (κ3) is 6.59. The molecule has 0 saturated carbocycles. The van der Waals surface area contributed by atoms with Gasteiger partial charge in [0.25, 0.3) is 5.91 Å². The Kier molecular flexibility index (Phi) is 9.46. The normalized spacial score (nSPS) is 20.2. The van der Waals surface area contributed by atoms with Crippen molar-refractivity contribution in [2.24, 2.45) is 5.92 Å². The lowest BCUT2D eigenvalue weighted by molar-refractivity contribution is -0.268. The Morgan fingerprint density at radius 3 is 1.98 bits per heavy atom. The minimum atomic E-state index is -2.35. The Hall–Kier alpha value is -3.77. The van der Waals surface area contributed by atoms with Crippen LogP contribution in [0.25, 0.3) is 0 Å². The number of carbonyl (C=O) groups is 1. The molecule has 0 spiro atoms. The largest absolute Gasteiger partial charge is 0.392 e. The first-order chi connectivity index (χ1) is 20.7. The van der Waals surface area contributed by atoms with Gasteiger partial charge in [0.15, 0.2) is 29.6 Å². The molecule has 1 fully saturated rings. The van der Waals surface area contributed by atoms with Crippen LogP contribution in [0, 0.1) is 35.0 Å². The number of carbonyl (C=O) groups excluding carboxylic acids is 1. The highest BCUT2D eigenvalue weighted by Crippen LogP contribution is 2.43. The third-order valence-corrected chi connectivity index (χ3v) is 8.26. The standard InChI is InChI=1S/C32H26F5NO4S/c1-17-23(16-43-22-5-3-2-4-6-22)41-32(42-30(17)19-9-7-18(15-39)8-10-19)20-11-13-21(14-12-20)38-31(40)24-25(33)27(35)29(37)28(36)26(24)34/h2-14,17,23,30,32,39H,15-16H2,1H3,(H,38,40). The van der Waals surface area contributed by atoms with Crippen LogP contribution in [-0.2, 0) is 16.1 Å². The third-order valence-electron chi connectivity index (χ3n) is 7.16. The molecule has 0 aromatic heterocycles. The van der Waals surface area contributed by atoms with Crippen LogP contribution in [0.4, 0.5) is 27.6 Å². The number of halogens is 5. The van der Waals surface area contributed by atoms with Crippen molar-refractivity contribution in [3.63, 3.8) is 0 Å². The molecule has 2 N–H and O–H groups in total. The zero-order valence-electron chi connectivity index (χ0n) is 22.7. The summed E-state index contributed by atoms with van der Waals surface area (Å²) < 4.78 is 81.5. The Morgan fingerprint density at radius 1 is 0.791 bits per heavy atom. The number of thioether (sulfide) groups is 1. The number of hydrogen-bond acceptors (Lipinski definition) is 5. The minimum Gasteiger partial charge on any atom is -0.392 e. The fourth-order valence-electron chi connectivity index (χ4n) is 4.73. The summed E-state index contributed by atoms with van der Waals surface area (Å²) >= 11 is 1.64. The van der Waals surface area contributed by atoms with Crippen molar-refractivity contribution < 1.29 is 41.3 Å². The average molecular weight is 616 g/mol. The van der Waals surface area contributed by atoms with Gasteiger partial charge in [-0.3, -0.25) is 4.79 Å². The van der Waals surface area contributed by atoms with E-state index in [1.165, 1.54) is 12.1 Å². The van der Waals surface area contributed by atoms with Gasteiger partial charge in [0.2, 0.25) is 5.82 Å². The lowest BCUT2D eigenvalue weighted by Gasteiger charge is -2.41. The second-order valence-electron chi connectivity index (χ2n) is 9.97. The molecule has 1 aliphatic heterocycles. The Balaban J connectivity index is 1.36. The van der Waals surface area contributed by atoms with Gasteiger partial charge in [0.05, 0.1) is 18.8 Å². The summed E-state index contributed by atoms with van der Waals surface area (Å²) in [5.41, 5.74) is 0.711. The fourth-order valence-corrected chi connectivity index (χ4v) is 5.81. The van der Waals surface area contributed by atoms with E-state index in [2.05, 4.69) is 5.32 Å². The van der Waals surface area contributed by atoms with Crippen molar-refractivity contribution in [3.8, 4) is 0 Å². The average Bonchev–Trinajstić information content (AvgIpc) is 3.03. The molecule has 4 aromatic rings. The van der Waals surface area contributed by atoms with Crippen LogP contribution in [0.2, 0.25) is 0 Å². The van der Waals surface area contributed by atoms with Crippen LogP contribution < -0.4 is 5.32 Å². The van der Waals surface area contributed by atoms with Gasteiger partial charge in [-0.25, -0.2) is 22.0 Å². The Morgan fingerprint density at radius 2 is 1.37 bits per heavy atom. The summed E-state index contributed by atoms with van der Waals surface area (Å²) in [6, 6.07) is 23.3. The van der Waals surface area contributed by atoms with Crippen LogP contribution >= 0.6 is 11.8 Å². The smallest absolute Gasteiger partial charge is 0.261 e. The zero-order valence-corrected chi connectivity index (χ0v) is 23.5. The van der Waals surface area contributed by atoms with E-state index in [1.54, 1.807) is 23.9 Å². The van der Waals surface area contributed by atoms with Gasteiger partial charge in [-0.05, 0) is 35.4 Å². The Bertz CT molecular complexity index is 1560. The first-order valence-electron chi connectivity index (χ1n) is 13.3. The number of amides is 1. The highest BCUT2D eigenvalue weighted by molar-refractivity contribution is 7.99. The lowest BCUT2D eigenvalue weighted by atomic mass is 9.91. The summed E-state index contributed by atoms with van der Waals surface area (Å²) in [7, 11) is 0. The molecule has 11 heteroatoms. The van der Waals surface area contributed by atoms with Crippen molar-refractivity contribution in [2.45, 2.75) is 36.9 Å². The van der Waals surface area contributed by atoms with E-state index in [1.807, 2.05) is 61.5 Å². The molecule has 5 nitrogen and oxygen atoms in total. The molecule has 4 aromatic carbocycles. The molecule has 5 rings (SSSR count). The number of rotatable bonds is 8. The SMILES string of the molecule is CC1C(CSc2ccccc2)OC(c2ccc(NC(=O)c3c(F)c(F)c(F)c(F)c3F)cc2)OC1c1ccc(CO)cc1. The van der Waals surface area contributed by atoms with Crippen LogP contribution in [0.1, 0.15) is 46.4 Å². The van der Waals surface area contributed by atoms with Gasteiger partial charge in [-0.1, -0.05) is 61.5 Å². The first kappa shape index (κ1) is 30.7. The molecule has 1 heterocycles. The van der Waals surface area contributed by atoms with Crippen LogP contribution in [-0.4, -0.2) is 22.9 Å². The molecular weight excluding hydrogens is 589 g/mol. The van der Waals surface area contributed by atoms with Crippen molar-refractivity contribution in [1.82, 2.24) is 0 Å². The van der Waals surface area contributed by atoms with Gasteiger partial charge in [-0.15, -0.1) is 11.8 Å². The number of ether oxygens (including phenoxy) is 2. The molecule has 4 atom stereocenters. The van der Waals surface area contributed by atoms with Gasteiger partial charge in [0.1, 0.15) is 5.56 Å². The molecule has 1 saturated heterocycles. The van der Waals surface area contributed by atoms with Crippen molar-refractivity contribution >= 4 is 23.4 Å². The lowest BCUT2D eigenvalue weighted by Crippen LogP contribution is -2.38. The number of anilines is 1. The van der Waals surface area contributed by atoms with E-state index in [0.717, 1.165) is 16.0 Å². The van der Waals surface area contributed by atoms with E-state index in [-0.39, 0.29) is 30.4 Å². The molecule has 43 heavy (non-hydrogen) atoms. The molecule has 1 aliphatic rings. The highest BCUT2D eigenvalue weighted by atomic mass is 32.2. The van der Waals surface area contributed by atoms with E-state index in [0.29, 0.717) is 11.3 Å². The van der Waals surface area contributed by atoms with Crippen LogP contribution in [0.15, 0.2) is 83.8 Å². The number of aliphatic hydroxyl groups excluding tert-OH is 1. The van der Waals surface area contributed by atoms with Gasteiger partial charge in [0, 0.05) is 27.8 Å². The number of nitrogens with one attached hydrogen (secondary N) is 1. The summed E-state index contributed by atoms with van der Waals surface area (Å²) in [5, 5.41) is 11.6. The summed E-state index contributed by atoms with van der Waals surface area (Å²) in [4.78, 5) is 13.5. The molecular formula is C32H26F5NO4S. The van der Waals surface area contributed by atoms with Gasteiger partial charge >= 0.3 is 0 Å². The van der Waals surface area contributed by atoms with E-state index < -0.39 is 46.8 Å². The molecule has 224 valence electrons. The molecule has 1 amide bonds. The fraction of sp³-hybridized carbons (Fsp3) is 0.219. The van der Waals surface area contributed by atoms with Crippen molar-refractivity contribution in [1.29, 1.82) is 0 Å². The van der Waals surface area contributed by atoms with E-state index in [9.17, 15) is 31.9 Å². The first-order valence-corrected chi connectivity index (χ1v) is 14.3. The summed E-state index contributed by atoms with van der Waals surface area (Å²) in [6.07, 6.45) is -1.42. The zero-order chi connectivity index (χ0) is 30.7. The summed E-state index contributed by atoms with van der Waals surface area (Å²) in [5.74, 6) is -12.1. The van der Waals surface area contributed by atoms with Gasteiger partial charge < -0.3 is 19.9 Å². The number of benzene rings is 4. The quantitative estimate of drug-likeness (QED) is 0.0920. The second-order valence-corrected chi connectivity index (χ2v) is 11.1. The van der Waals surface area contributed by atoms with E-state index >= 15 is 0 Å². The predicted octanol–water partition coefficient (Wildman–Crippen LogP) is 7.71. The minimum absolute atomic E-state index is 0.0488. The van der Waals surface area contributed by atoms with Crippen LogP contribution in [0.3, 0.4) is 0 Å². The topological polar surface area (TPSA) is 67.8 Å². The van der Waals surface area contributed by atoms with Gasteiger partial charge in [-0.2, -0.15) is 0 Å². The Labute approximate surface area is 248 Å². The predicted molar refractivity (Wildman–Crippen MR) is 151 cm³/mol. The van der Waals surface area contributed by atoms with Crippen molar-refractivity contribution in [3.05, 3.63) is 130 Å².